The molecular formula is C14H16N2O5. The minimum Gasteiger partial charge on any atom is -0.481 e. The molecule has 21 heavy (non-hydrogen) atoms. The molecule has 7 heteroatoms. The normalized spacial score (nSPS) is 17.0. The number of rotatable bonds is 6. The first-order chi connectivity index (χ1) is 9.97. The van der Waals surface area contributed by atoms with E-state index in [-0.39, 0.29) is 5.92 Å². The second-order valence-electron chi connectivity index (χ2n) is 4.94. The molecule has 0 radical (unpaired) electrons. The lowest BCUT2D eigenvalue weighted by atomic mass is 9.78. The molecule has 0 saturated heterocycles. The summed E-state index contributed by atoms with van der Waals surface area (Å²) < 4.78 is 0. The molecule has 0 heterocycles. The number of carboxylic acids is 2. The first-order valence-electron chi connectivity index (χ1n) is 6.54. The van der Waals surface area contributed by atoms with Gasteiger partial charge in [0.25, 0.3) is 0 Å². The summed E-state index contributed by atoms with van der Waals surface area (Å²) in [5.74, 6) is -2.44. The highest BCUT2D eigenvalue weighted by Crippen LogP contribution is 2.33. The summed E-state index contributed by atoms with van der Waals surface area (Å²) in [5, 5.41) is 22.1. The third-order valence-corrected chi connectivity index (χ3v) is 3.45. The smallest absolute Gasteiger partial charge is 0.326 e. The van der Waals surface area contributed by atoms with Crippen LogP contribution in [0, 0.1) is 0 Å². The highest BCUT2D eigenvalue weighted by molar-refractivity contribution is 5.86. The largest absolute Gasteiger partial charge is 0.481 e. The van der Waals surface area contributed by atoms with Crippen molar-refractivity contribution in [3.05, 3.63) is 35.4 Å². The summed E-state index contributed by atoms with van der Waals surface area (Å²) in [6.07, 6.45) is 0.211. The Hall–Kier alpha value is -2.57. The Morgan fingerprint density at radius 1 is 1.24 bits per heavy atom. The van der Waals surface area contributed by atoms with Crippen LogP contribution in [0.3, 0.4) is 0 Å². The van der Waals surface area contributed by atoms with E-state index in [0.29, 0.717) is 6.54 Å². The number of carbonyl (C=O) groups is 3. The van der Waals surface area contributed by atoms with Crippen molar-refractivity contribution >= 4 is 18.0 Å². The van der Waals surface area contributed by atoms with E-state index >= 15 is 0 Å². The molecule has 0 fully saturated rings. The number of hydrogen-bond acceptors (Lipinski definition) is 3. The number of amides is 2. The topological polar surface area (TPSA) is 116 Å². The molecule has 1 aliphatic carbocycles. The zero-order valence-electron chi connectivity index (χ0n) is 11.2. The molecule has 4 N–H and O–H groups in total. The van der Waals surface area contributed by atoms with Crippen molar-refractivity contribution in [1.29, 1.82) is 0 Å². The lowest BCUT2D eigenvalue weighted by Crippen LogP contribution is -2.48. The van der Waals surface area contributed by atoms with Crippen LogP contribution in [-0.4, -0.2) is 40.8 Å². The van der Waals surface area contributed by atoms with Gasteiger partial charge in [-0.25, -0.2) is 9.59 Å². The van der Waals surface area contributed by atoms with Crippen molar-refractivity contribution in [2.24, 2.45) is 0 Å². The molecule has 0 saturated carbocycles. The van der Waals surface area contributed by atoms with E-state index in [1.807, 2.05) is 24.3 Å². The molecule has 2 amide bonds. The first kappa shape index (κ1) is 14.8. The summed E-state index contributed by atoms with van der Waals surface area (Å²) in [6.45, 7) is 0.391. The zero-order valence-corrected chi connectivity index (χ0v) is 11.2. The predicted molar refractivity (Wildman–Crippen MR) is 73.1 cm³/mol. The lowest BCUT2D eigenvalue weighted by Gasteiger charge is -2.30. The minimum atomic E-state index is -1.43. The van der Waals surface area contributed by atoms with Crippen molar-refractivity contribution in [3.63, 3.8) is 0 Å². The number of aliphatic carboxylic acids is 2. The van der Waals surface area contributed by atoms with Crippen molar-refractivity contribution in [1.82, 2.24) is 10.6 Å². The number of nitrogens with one attached hydrogen (secondary N) is 2. The number of hydrogen-bond donors (Lipinski definition) is 4. The minimum absolute atomic E-state index is 0.217. The Kier molecular flexibility index (Phi) is 4.42. The molecule has 7 nitrogen and oxygen atoms in total. The molecule has 0 aliphatic heterocycles. The maximum Gasteiger partial charge on any atom is 0.326 e. The standard InChI is InChI=1S/C14H16N2O5/c17-12(18)6-11(13(19)20)16-14(21)15-7-9-5-8-3-1-2-4-10(8)9/h1-4,9,11H,5-7H2,(H,17,18)(H,19,20)(H2,15,16,21)/t9?,11-/m0/s1. The van der Waals surface area contributed by atoms with Crippen LogP contribution in [-0.2, 0) is 16.0 Å². The predicted octanol–water partition coefficient (Wildman–Crippen LogP) is 0.553. The Labute approximate surface area is 121 Å². The maximum atomic E-state index is 11.6. The summed E-state index contributed by atoms with van der Waals surface area (Å²) in [6, 6.07) is 5.80. The van der Waals surface area contributed by atoms with Gasteiger partial charge in [-0.3, -0.25) is 4.79 Å². The highest BCUT2D eigenvalue weighted by Gasteiger charge is 2.27. The molecule has 2 atom stereocenters. The first-order valence-corrected chi connectivity index (χ1v) is 6.54. The highest BCUT2D eigenvalue weighted by atomic mass is 16.4. The molecular weight excluding hydrogens is 276 g/mol. The SMILES string of the molecule is O=C(O)C[C@H](NC(=O)NCC1Cc2ccccc21)C(=O)O. The molecule has 0 aromatic heterocycles. The van der Waals surface area contributed by atoms with Crippen LogP contribution in [0.4, 0.5) is 4.79 Å². The van der Waals surface area contributed by atoms with Crippen LogP contribution in [0.15, 0.2) is 24.3 Å². The Morgan fingerprint density at radius 2 is 1.95 bits per heavy atom. The van der Waals surface area contributed by atoms with Crippen molar-refractivity contribution in [2.45, 2.75) is 24.8 Å². The quantitative estimate of drug-likeness (QED) is 0.611. The lowest BCUT2D eigenvalue weighted by molar-refractivity contribution is -0.145. The van der Waals surface area contributed by atoms with E-state index in [9.17, 15) is 14.4 Å². The van der Waals surface area contributed by atoms with Crippen LogP contribution in [0.5, 0.6) is 0 Å². The van der Waals surface area contributed by atoms with E-state index in [2.05, 4.69) is 10.6 Å². The monoisotopic (exact) mass is 292 g/mol. The molecule has 0 bridgehead atoms. The molecule has 112 valence electrons. The number of carbonyl (C=O) groups excluding carboxylic acids is 1. The number of carboxylic acid groups (broad SMARTS) is 2. The van der Waals surface area contributed by atoms with E-state index < -0.39 is 30.4 Å². The second-order valence-corrected chi connectivity index (χ2v) is 4.94. The molecule has 2 rings (SSSR count). The molecule has 0 spiro atoms. The van der Waals surface area contributed by atoms with E-state index in [1.54, 1.807) is 0 Å². The van der Waals surface area contributed by atoms with Gasteiger partial charge in [-0.1, -0.05) is 24.3 Å². The van der Waals surface area contributed by atoms with Gasteiger partial charge in [0.05, 0.1) is 6.42 Å². The van der Waals surface area contributed by atoms with Gasteiger partial charge in [-0.15, -0.1) is 0 Å². The van der Waals surface area contributed by atoms with E-state index in [0.717, 1.165) is 6.42 Å². The van der Waals surface area contributed by atoms with E-state index in [4.69, 9.17) is 10.2 Å². The van der Waals surface area contributed by atoms with Gasteiger partial charge in [0, 0.05) is 12.5 Å². The van der Waals surface area contributed by atoms with Crippen LogP contribution >= 0.6 is 0 Å². The molecule has 1 aromatic carbocycles. The molecule has 1 unspecified atom stereocenters. The van der Waals surface area contributed by atoms with Gasteiger partial charge in [-0.05, 0) is 17.5 Å². The summed E-state index contributed by atoms with van der Waals surface area (Å²) in [7, 11) is 0. The van der Waals surface area contributed by atoms with Crippen molar-refractivity contribution < 1.29 is 24.6 Å². The fraction of sp³-hybridized carbons (Fsp3) is 0.357. The Morgan fingerprint density at radius 3 is 2.57 bits per heavy atom. The van der Waals surface area contributed by atoms with Crippen molar-refractivity contribution in [2.75, 3.05) is 6.54 Å². The van der Waals surface area contributed by atoms with Gasteiger partial charge in [-0.2, -0.15) is 0 Å². The number of fused-ring (bicyclic) bond motifs is 1. The molecule has 1 aromatic rings. The number of benzene rings is 1. The summed E-state index contributed by atoms with van der Waals surface area (Å²) in [5.41, 5.74) is 2.43. The van der Waals surface area contributed by atoms with E-state index in [1.165, 1.54) is 11.1 Å². The van der Waals surface area contributed by atoms with Crippen LogP contribution in [0.1, 0.15) is 23.5 Å². The fourth-order valence-electron chi connectivity index (χ4n) is 2.34. The third kappa shape index (κ3) is 3.71. The Balaban J connectivity index is 1.80. The number of urea groups is 1. The van der Waals surface area contributed by atoms with Gasteiger partial charge >= 0.3 is 18.0 Å². The van der Waals surface area contributed by atoms with Crippen LogP contribution < -0.4 is 10.6 Å². The van der Waals surface area contributed by atoms with Gasteiger partial charge in [0.15, 0.2) is 0 Å². The van der Waals surface area contributed by atoms with Gasteiger partial charge < -0.3 is 20.8 Å². The molecule has 1 aliphatic rings. The second kappa shape index (κ2) is 6.25. The maximum absolute atomic E-state index is 11.6. The van der Waals surface area contributed by atoms with Crippen molar-refractivity contribution in [3.8, 4) is 0 Å². The third-order valence-electron chi connectivity index (χ3n) is 3.45. The summed E-state index contributed by atoms with van der Waals surface area (Å²) >= 11 is 0. The Bertz CT molecular complexity index is 572. The van der Waals surface area contributed by atoms with Crippen LogP contribution in [0.2, 0.25) is 0 Å². The summed E-state index contributed by atoms with van der Waals surface area (Å²) in [4.78, 5) is 33.0. The van der Waals surface area contributed by atoms with Gasteiger partial charge in [0.2, 0.25) is 0 Å². The average Bonchev–Trinajstić information content (AvgIpc) is 2.38. The fourth-order valence-corrected chi connectivity index (χ4v) is 2.34. The van der Waals surface area contributed by atoms with Crippen LogP contribution in [0.25, 0.3) is 0 Å². The average molecular weight is 292 g/mol. The zero-order chi connectivity index (χ0) is 15.4. The van der Waals surface area contributed by atoms with Gasteiger partial charge in [0.1, 0.15) is 6.04 Å².